The van der Waals surface area contributed by atoms with Crippen molar-refractivity contribution in [3.63, 3.8) is 0 Å². The van der Waals surface area contributed by atoms with E-state index in [1.807, 2.05) is 6.07 Å². The normalized spacial score (nSPS) is 6.41. The third kappa shape index (κ3) is 47.9. The fourth-order valence-electron chi connectivity index (χ4n) is 0.534. The van der Waals surface area contributed by atoms with E-state index in [-0.39, 0.29) is 32.9 Å². The zero-order chi connectivity index (χ0) is 8.69. The molecule has 6 nitrogen and oxygen atoms in total. The molecule has 1 aromatic carbocycles. The Hall–Kier alpha value is 0.573. The largest absolute Gasteiger partial charge is 0.0708 e. The average Bonchev–Trinajstić information content (AvgIpc) is 1.87. The van der Waals surface area contributed by atoms with E-state index in [4.69, 9.17) is 30.4 Å². The molecule has 11 heteroatoms. The van der Waals surface area contributed by atoms with Gasteiger partial charge in [-0.1, -0.05) is 35.5 Å². The SMILES string of the molecule is O.O.O.O.O.O.[Cl][Co]([Cl])[Cl].[SiH3]c1ccccc1. The maximum absolute atomic E-state index is 4.87. The van der Waals surface area contributed by atoms with Crippen molar-refractivity contribution in [1.29, 1.82) is 0 Å². The fourth-order valence-corrected chi connectivity index (χ4v) is 0.919. The summed E-state index contributed by atoms with van der Waals surface area (Å²) < 4.78 is 0. The first kappa shape index (κ1) is 43.2. The molecule has 0 aliphatic heterocycles. The van der Waals surface area contributed by atoms with Gasteiger partial charge in [-0.15, -0.1) is 0 Å². The summed E-state index contributed by atoms with van der Waals surface area (Å²) in [4.78, 5) is 0. The van der Waals surface area contributed by atoms with Gasteiger partial charge in [-0.25, -0.2) is 0 Å². The van der Waals surface area contributed by atoms with Gasteiger partial charge in [-0.2, -0.15) is 0 Å². The van der Waals surface area contributed by atoms with Crippen LogP contribution in [0.1, 0.15) is 0 Å². The second-order valence-corrected chi connectivity index (χ2v) is 8.11. The molecule has 114 valence electrons. The van der Waals surface area contributed by atoms with Gasteiger partial charge in [0.1, 0.15) is 0 Å². The Morgan fingerprint density at radius 2 is 0.941 bits per heavy atom. The van der Waals surface area contributed by atoms with E-state index >= 15 is 0 Å². The third-order valence-corrected chi connectivity index (χ3v) is 1.61. The number of halogens is 3. The van der Waals surface area contributed by atoms with Gasteiger partial charge in [0, 0.05) is 10.2 Å². The molecule has 0 radical (unpaired) electrons. The van der Waals surface area contributed by atoms with Gasteiger partial charge in [0.15, 0.2) is 0 Å². The molecule has 0 unspecified atom stereocenters. The van der Waals surface area contributed by atoms with E-state index in [1.54, 1.807) is 0 Å². The van der Waals surface area contributed by atoms with Crippen LogP contribution in [-0.4, -0.2) is 43.1 Å². The third-order valence-electron chi connectivity index (χ3n) is 0.940. The van der Waals surface area contributed by atoms with Crippen LogP contribution in [-0.2, 0) is 10.9 Å². The number of hydrogen-bond donors (Lipinski definition) is 0. The summed E-state index contributed by atoms with van der Waals surface area (Å²) in [7, 11) is 14.6. The van der Waals surface area contributed by atoms with E-state index in [0.717, 1.165) is 0 Å². The summed E-state index contributed by atoms with van der Waals surface area (Å²) in [6, 6.07) is 10.5. The van der Waals surface area contributed by atoms with Gasteiger partial charge in [0.2, 0.25) is 0 Å². The smallest absolute Gasteiger partial charge is 0.0384 e. The molecule has 0 atom stereocenters. The monoisotopic (exact) mass is 380 g/mol. The quantitative estimate of drug-likeness (QED) is 0.409. The minimum Gasteiger partial charge on any atom is -0.0708 e. The second kappa shape index (κ2) is 30.0. The van der Waals surface area contributed by atoms with Crippen molar-refractivity contribution in [2.75, 3.05) is 0 Å². The summed E-state index contributed by atoms with van der Waals surface area (Å²) >= 11 is 0. The zero-order valence-electron chi connectivity index (χ0n) is 8.85. The minimum atomic E-state index is -1.19. The molecular weight excluding hydrogens is 361 g/mol. The summed E-state index contributed by atoms with van der Waals surface area (Å²) in [5.41, 5.74) is 0. The van der Waals surface area contributed by atoms with Gasteiger partial charge < -0.3 is 32.9 Å². The van der Waals surface area contributed by atoms with Crippen LogP contribution in [0.25, 0.3) is 0 Å². The maximum atomic E-state index is 4.87. The summed E-state index contributed by atoms with van der Waals surface area (Å²) in [5.74, 6) is 0. The van der Waals surface area contributed by atoms with E-state index in [9.17, 15) is 0 Å². The molecule has 12 N–H and O–H groups in total. The van der Waals surface area contributed by atoms with Crippen molar-refractivity contribution < 1.29 is 43.8 Å². The molecule has 0 saturated carbocycles. The molecule has 0 fully saturated rings. The fraction of sp³-hybridized carbons (Fsp3) is 0. The van der Waals surface area contributed by atoms with Crippen LogP contribution < -0.4 is 5.19 Å². The first-order valence-electron chi connectivity index (χ1n) is 2.79. The maximum Gasteiger partial charge on any atom is 0.0384 e. The van der Waals surface area contributed by atoms with Crippen molar-refractivity contribution in [1.82, 2.24) is 0 Å². The topological polar surface area (TPSA) is 189 Å². The minimum absolute atomic E-state index is 0. The van der Waals surface area contributed by atoms with E-state index in [1.165, 1.54) is 15.4 Å². The van der Waals surface area contributed by atoms with Gasteiger partial charge in [-0.3, -0.25) is 0 Å². The molecule has 1 rings (SSSR count). The number of hydrogen-bond acceptors (Lipinski definition) is 0. The Bertz CT molecular complexity index is 194. The van der Waals surface area contributed by atoms with Crippen LogP contribution >= 0.6 is 30.4 Å². The summed E-state index contributed by atoms with van der Waals surface area (Å²) in [5, 5.41) is 1.46. The average molecular weight is 382 g/mol. The number of benzene rings is 1. The van der Waals surface area contributed by atoms with Gasteiger partial charge in [-0.05, 0) is 0 Å². The summed E-state index contributed by atoms with van der Waals surface area (Å²) in [6.45, 7) is 0. The Morgan fingerprint density at radius 3 is 1.06 bits per heavy atom. The van der Waals surface area contributed by atoms with Gasteiger partial charge >= 0.3 is 41.4 Å². The van der Waals surface area contributed by atoms with Gasteiger partial charge in [0.05, 0.1) is 0 Å². The van der Waals surface area contributed by atoms with Crippen LogP contribution in [0.15, 0.2) is 30.3 Å². The standard InChI is InChI=1S/C6H8Si.3ClH.Co.6H2O/c7-6-4-2-1-3-5-6;;;;;;;;;;/h1-5H,7H3;3*1H;;6*1H2/q;;;;+3;;;;;;/p-3. The second-order valence-electron chi connectivity index (χ2n) is 1.80. The van der Waals surface area contributed by atoms with Crippen LogP contribution in [0, 0.1) is 0 Å². The zero-order valence-corrected chi connectivity index (χ0v) is 14.2. The molecule has 0 heterocycles. The Kier molecular flexibility index (Phi) is 76.2. The first-order chi connectivity index (χ1) is 5.13. The van der Waals surface area contributed by atoms with Gasteiger partial charge in [0.25, 0.3) is 0 Å². The molecular formula is C6H20Cl3CoO6Si. The molecule has 0 aliphatic rings. The van der Waals surface area contributed by atoms with Crippen LogP contribution in [0.3, 0.4) is 0 Å². The Balaban J connectivity index is -0.0000000186. The van der Waals surface area contributed by atoms with Crippen molar-refractivity contribution in [2.24, 2.45) is 0 Å². The van der Waals surface area contributed by atoms with Crippen molar-refractivity contribution in [3.8, 4) is 0 Å². The van der Waals surface area contributed by atoms with Crippen LogP contribution in [0.5, 0.6) is 0 Å². The molecule has 0 aliphatic carbocycles. The molecule has 0 amide bonds. The summed E-state index contributed by atoms with van der Waals surface area (Å²) in [6.07, 6.45) is 0. The molecule has 0 bridgehead atoms. The van der Waals surface area contributed by atoms with Crippen molar-refractivity contribution in [2.45, 2.75) is 0 Å². The molecule has 0 spiro atoms. The Morgan fingerprint density at radius 1 is 0.706 bits per heavy atom. The molecule has 0 saturated heterocycles. The Labute approximate surface area is 120 Å². The van der Waals surface area contributed by atoms with E-state index in [0.29, 0.717) is 0 Å². The molecule has 17 heavy (non-hydrogen) atoms. The molecule has 0 aromatic heterocycles. The predicted molar refractivity (Wildman–Crippen MR) is 75.3 cm³/mol. The van der Waals surface area contributed by atoms with Crippen molar-refractivity contribution in [3.05, 3.63) is 30.3 Å². The van der Waals surface area contributed by atoms with E-state index < -0.39 is 10.9 Å². The van der Waals surface area contributed by atoms with Crippen molar-refractivity contribution >= 4 is 45.9 Å². The van der Waals surface area contributed by atoms with Crippen LogP contribution in [0.2, 0.25) is 0 Å². The predicted octanol–water partition coefficient (Wildman–Crippen LogP) is -3.20. The number of rotatable bonds is 0. The van der Waals surface area contributed by atoms with Crippen LogP contribution in [0.4, 0.5) is 0 Å². The first-order valence-corrected chi connectivity index (χ1v) is 8.09. The van der Waals surface area contributed by atoms with E-state index in [2.05, 4.69) is 24.3 Å². The molecule has 1 aromatic rings.